The van der Waals surface area contributed by atoms with Gasteiger partial charge in [0.25, 0.3) is 0 Å². The van der Waals surface area contributed by atoms with Crippen LogP contribution in [0, 0.1) is 0 Å². The van der Waals surface area contributed by atoms with Crippen molar-refractivity contribution in [2.45, 2.75) is 26.2 Å². The minimum atomic E-state index is 0. The molecule has 0 heterocycles. The standard InChI is InChI=1S/C13H21N3.HI/c1-2-10-15-13(14)16-11-6-9-12-7-4-3-5-8-12;/h3-5,7-8H,2,6,9-11H2,1H3,(H3,14,15,16);1H. The highest BCUT2D eigenvalue weighted by atomic mass is 127. The average molecular weight is 347 g/mol. The first-order chi connectivity index (χ1) is 7.83. The fourth-order valence-electron chi connectivity index (χ4n) is 1.44. The van der Waals surface area contributed by atoms with Crippen LogP contribution in [0.2, 0.25) is 0 Å². The lowest BCUT2D eigenvalue weighted by atomic mass is 10.1. The van der Waals surface area contributed by atoms with Crippen LogP contribution >= 0.6 is 24.0 Å². The van der Waals surface area contributed by atoms with Crippen molar-refractivity contribution >= 4 is 29.9 Å². The van der Waals surface area contributed by atoms with Gasteiger partial charge in [-0.25, -0.2) is 0 Å². The fraction of sp³-hybridized carbons (Fsp3) is 0.462. The molecule has 0 saturated carbocycles. The van der Waals surface area contributed by atoms with Crippen LogP contribution in [0.3, 0.4) is 0 Å². The van der Waals surface area contributed by atoms with E-state index < -0.39 is 0 Å². The number of nitrogens with one attached hydrogen (secondary N) is 1. The number of hydrogen-bond acceptors (Lipinski definition) is 1. The largest absolute Gasteiger partial charge is 0.370 e. The van der Waals surface area contributed by atoms with Crippen LogP contribution in [-0.2, 0) is 6.42 Å². The number of aryl methyl sites for hydroxylation is 1. The van der Waals surface area contributed by atoms with E-state index in [1.54, 1.807) is 0 Å². The SMILES string of the molecule is CCCN=C(N)NCCCc1ccccc1.I. The molecule has 0 saturated heterocycles. The molecule has 0 aliphatic heterocycles. The Morgan fingerprint density at radius 3 is 2.65 bits per heavy atom. The van der Waals surface area contributed by atoms with Crippen LogP contribution in [0.5, 0.6) is 0 Å². The zero-order chi connectivity index (χ0) is 11.6. The molecule has 1 aromatic carbocycles. The third-order valence-electron chi connectivity index (χ3n) is 2.30. The van der Waals surface area contributed by atoms with E-state index in [1.807, 2.05) is 6.07 Å². The monoisotopic (exact) mass is 347 g/mol. The van der Waals surface area contributed by atoms with Gasteiger partial charge in [0.2, 0.25) is 0 Å². The summed E-state index contributed by atoms with van der Waals surface area (Å²) in [5, 5.41) is 3.12. The maximum absolute atomic E-state index is 5.68. The highest BCUT2D eigenvalue weighted by Crippen LogP contribution is 2.01. The Hall–Kier alpha value is -0.780. The van der Waals surface area contributed by atoms with Gasteiger partial charge >= 0.3 is 0 Å². The predicted octanol–water partition coefficient (Wildman–Crippen LogP) is 2.55. The lowest BCUT2D eigenvalue weighted by molar-refractivity contribution is 0.764. The fourth-order valence-corrected chi connectivity index (χ4v) is 1.44. The molecule has 1 rings (SSSR count). The smallest absolute Gasteiger partial charge is 0.188 e. The van der Waals surface area contributed by atoms with Crippen molar-refractivity contribution in [3.8, 4) is 0 Å². The Bertz CT molecular complexity index is 312. The Kier molecular flexibility index (Phi) is 9.90. The van der Waals surface area contributed by atoms with E-state index in [9.17, 15) is 0 Å². The van der Waals surface area contributed by atoms with E-state index in [4.69, 9.17) is 5.73 Å². The van der Waals surface area contributed by atoms with Crippen molar-refractivity contribution in [1.82, 2.24) is 5.32 Å². The molecule has 0 aromatic heterocycles. The number of aliphatic imine (C=N–C) groups is 1. The lowest BCUT2D eigenvalue weighted by Gasteiger charge is -2.05. The van der Waals surface area contributed by atoms with E-state index in [0.29, 0.717) is 5.96 Å². The first kappa shape index (κ1) is 16.2. The summed E-state index contributed by atoms with van der Waals surface area (Å²) in [5.41, 5.74) is 7.05. The quantitative estimate of drug-likeness (QED) is 0.360. The van der Waals surface area contributed by atoms with Crippen LogP contribution in [0.4, 0.5) is 0 Å². The van der Waals surface area contributed by atoms with Crippen molar-refractivity contribution in [2.75, 3.05) is 13.1 Å². The summed E-state index contributed by atoms with van der Waals surface area (Å²) in [6.45, 7) is 3.78. The molecule has 0 atom stereocenters. The van der Waals surface area contributed by atoms with Crippen molar-refractivity contribution < 1.29 is 0 Å². The average Bonchev–Trinajstić information content (AvgIpc) is 2.33. The molecule has 0 spiro atoms. The number of nitrogens with two attached hydrogens (primary N) is 1. The normalized spacial score (nSPS) is 10.8. The molecule has 0 amide bonds. The van der Waals surface area contributed by atoms with Gasteiger partial charge in [-0.05, 0) is 24.8 Å². The minimum Gasteiger partial charge on any atom is -0.370 e. The Labute approximate surface area is 121 Å². The van der Waals surface area contributed by atoms with Crippen LogP contribution < -0.4 is 11.1 Å². The van der Waals surface area contributed by atoms with Crippen molar-refractivity contribution in [1.29, 1.82) is 0 Å². The van der Waals surface area contributed by atoms with E-state index in [2.05, 4.69) is 41.5 Å². The summed E-state index contributed by atoms with van der Waals surface area (Å²) >= 11 is 0. The van der Waals surface area contributed by atoms with E-state index >= 15 is 0 Å². The number of guanidine groups is 1. The lowest BCUT2D eigenvalue weighted by Crippen LogP contribution is -2.32. The first-order valence-electron chi connectivity index (χ1n) is 5.90. The molecular weight excluding hydrogens is 325 g/mol. The summed E-state index contributed by atoms with van der Waals surface area (Å²) in [6, 6.07) is 10.5. The maximum atomic E-state index is 5.68. The number of halogens is 1. The topological polar surface area (TPSA) is 50.4 Å². The Morgan fingerprint density at radius 2 is 2.00 bits per heavy atom. The second kappa shape index (κ2) is 10.4. The van der Waals surface area contributed by atoms with Gasteiger partial charge in [-0.3, -0.25) is 4.99 Å². The van der Waals surface area contributed by atoms with Crippen molar-refractivity contribution in [2.24, 2.45) is 10.7 Å². The third kappa shape index (κ3) is 8.01. The van der Waals surface area contributed by atoms with Crippen LogP contribution in [0.15, 0.2) is 35.3 Å². The molecule has 1 aromatic rings. The molecule has 3 N–H and O–H groups in total. The summed E-state index contributed by atoms with van der Waals surface area (Å²) in [4.78, 5) is 4.17. The Balaban J connectivity index is 0.00000256. The second-order valence-electron chi connectivity index (χ2n) is 3.78. The highest BCUT2D eigenvalue weighted by molar-refractivity contribution is 14.0. The summed E-state index contributed by atoms with van der Waals surface area (Å²) in [7, 11) is 0. The molecule has 0 radical (unpaired) electrons. The zero-order valence-electron chi connectivity index (χ0n) is 10.4. The molecule has 17 heavy (non-hydrogen) atoms. The van der Waals surface area contributed by atoms with Crippen LogP contribution in [0.1, 0.15) is 25.3 Å². The van der Waals surface area contributed by atoms with Crippen LogP contribution in [0.25, 0.3) is 0 Å². The van der Waals surface area contributed by atoms with E-state index in [-0.39, 0.29) is 24.0 Å². The number of rotatable bonds is 6. The molecule has 96 valence electrons. The predicted molar refractivity (Wildman–Crippen MR) is 85.0 cm³/mol. The molecule has 3 nitrogen and oxygen atoms in total. The third-order valence-corrected chi connectivity index (χ3v) is 2.30. The molecular formula is C13H22IN3. The number of hydrogen-bond donors (Lipinski definition) is 2. The molecule has 4 heteroatoms. The van der Waals surface area contributed by atoms with Gasteiger partial charge in [0.05, 0.1) is 0 Å². The van der Waals surface area contributed by atoms with Crippen LogP contribution in [-0.4, -0.2) is 19.0 Å². The molecule has 0 unspecified atom stereocenters. The molecule has 0 aliphatic rings. The Morgan fingerprint density at radius 1 is 1.29 bits per heavy atom. The highest BCUT2D eigenvalue weighted by Gasteiger charge is 1.93. The summed E-state index contributed by atoms with van der Waals surface area (Å²) < 4.78 is 0. The minimum absolute atomic E-state index is 0. The number of nitrogens with zero attached hydrogens (tertiary/aromatic N) is 1. The van der Waals surface area contributed by atoms with Gasteiger partial charge in [-0.1, -0.05) is 37.3 Å². The van der Waals surface area contributed by atoms with Gasteiger partial charge in [0.15, 0.2) is 5.96 Å². The maximum Gasteiger partial charge on any atom is 0.188 e. The van der Waals surface area contributed by atoms with Crippen molar-refractivity contribution in [3.05, 3.63) is 35.9 Å². The van der Waals surface area contributed by atoms with Crippen molar-refractivity contribution in [3.63, 3.8) is 0 Å². The van der Waals surface area contributed by atoms with Gasteiger partial charge in [0.1, 0.15) is 0 Å². The zero-order valence-corrected chi connectivity index (χ0v) is 12.7. The molecule has 0 bridgehead atoms. The van der Waals surface area contributed by atoms with E-state index in [0.717, 1.165) is 32.4 Å². The van der Waals surface area contributed by atoms with Gasteiger partial charge in [0, 0.05) is 13.1 Å². The van der Waals surface area contributed by atoms with Gasteiger partial charge < -0.3 is 11.1 Å². The second-order valence-corrected chi connectivity index (χ2v) is 3.78. The van der Waals surface area contributed by atoms with Gasteiger partial charge in [-0.15, -0.1) is 24.0 Å². The first-order valence-corrected chi connectivity index (χ1v) is 5.90. The van der Waals surface area contributed by atoms with E-state index in [1.165, 1.54) is 5.56 Å². The summed E-state index contributed by atoms with van der Waals surface area (Å²) in [6.07, 6.45) is 3.19. The summed E-state index contributed by atoms with van der Waals surface area (Å²) in [5.74, 6) is 0.565. The molecule has 0 aliphatic carbocycles. The number of benzene rings is 1. The van der Waals surface area contributed by atoms with Gasteiger partial charge in [-0.2, -0.15) is 0 Å². The molecule has 0 fully saturated rings.